The first-order chi connectivity index (χ1) is 12.9. The number of cyclic esters (lactones) is 1. The number of benzene rings is 2. The van der Waals surface area contributed by atoms with Gasteiger partial charge < -0.3 is 9.47 Å². The molecule has 1 aliphatic heterocycles. The maximum Gasteiger partial charge on any atom is 0.363 e. The fourth-order valence-electron chi connectivity index (χ4n) is 2.64. The van der Waals surface area contributed by atoms with Crippen LogP contribution in [0.2, 0.25) is 0 Å². The maximum absolute atomic E-state index is 12.2. The first-order valence-electron chi connectivity index (χ1n) is 8.34. The lowest BCUT2D eigenvalue weighted by molar-refractivity contribution is -0.384. The van der Waals surface area contributed by atoms with Gasteiger partial charge in [0.05, 0.1) is 17.6 Å². The molecule has 1 aliphatic rings. The molecule has 0 fully saturated rings. The summed E-state index contributed by atoms with van der Waals surface area (Å²) in [6.45, 7) is 4.20. The van der Waals surface area contributed by atoms with Gasteiger partial charge in [-0.3, -0.25) is 10.1 Å². The number of rotatable bonds is 5. The van der Waals surface area contributed by atoms with Crippen molar-refractivity contribution in [1.82, 2.24) is 0 Å². The summed E-state index contributed by atoms with van der Waals surface area (Å²) in [4.78, 5) is 26.9. The summed E-state index contributed by atoms with van der Waals surface area (Å²) >= 11 is 0. The Hall–Kier alpha value is -3.48. The smallest absolute Gasteiger partial charge is 0.363 e. The lowest BCUT2D eigenvalue weighted by Gasteiger charge is -2.06. The quantitative estimate of drug-likeness (QED) is 0.344. The molecule has 0 atom stereocenters. The Labute approximate surface area is 156 Å². The van der Waals surface area contributed by atoms with Gasteiger partial charge in [-0.2, -0.15) is 0 Å². The average Bonchev–Trinajstić information content (AvgIpc) is 3.02. The molecule has 0 N–H and O–H groups in total. The van der Waals surface area contributed by atoms with Crippen LogP contribution in [0.3, 0.4) is 0 Å². The predicted molar refractivity (Wildman–Crippen MR) is 101 cm³/mol. The van der Waals surface area contributed by atoms with Crippen molar-refractivity contribution in [2.75, 3.05) is 7.11 Å². The third kappa shape index (κ3) is 3.87. The van der Waals surface area contributed by atoms with Gasteiger partial charge in [-0.15, -0.1) is 0 Å². The summed E-state index contributed by atoms with van der Waals surface area (Å²) in [6.07, 6.45) is 1.61. The van der Waals surface area contributed by atoms with Gasteiger partial charge in [-0.25, -0.2) is 9.79 Å². The Kier molecular flexibility index (Phi) is 5.03. The van der Waals surface area contributed by atoms with Gasteiger partial charge in [0.1, 0.15) is 5.75 Å². The zero-order chi connectivity index (χ0) is 19.6. The fourth-order valence-corrected chi connectivity index (χ4v) is 2.64. The second kappa shape index (κ2) is 7.41. The van der Waals surface area contributed by atoms with E-state index in [1.165, 1.54) is 30.9 Å². The molecule has 27 heavy (non-hydrogen) atoms. The molecule has 7 nitrogen and oxygen atoms in total. The highest BCUT2D eigenvalue weighted by molar-refractivity contribution is 6.14. The molecule has 0 aromatic heterocycles. The zero-order valence-electron chi connectivity index (χ0n) is 15.1. The lowest BCUT2D eigenvalue weighted by Crippen LogP contribution is -2.07. The molecule has 7 heteroatoms. The summed E-state index contributed by atoms with van der Waals surface area (Å²) in [5.74, 6) is 0.0980. The number of hydrogen-bond acceptors (Lipinski definition) is 6. The molecule has 2 aromatic rings. The minimum atomic E-state index is -0.619. The highest BCUT2D eigenvalue weighted by Crippen LogP contribution is 2.28. The number of esters is 1. The molecule has 0 radical (unpaired) electrons. The number of non-ortho nitro benzene ring substituents is 1. The molecule has 0 saturated carbocycles. The second-order valence-electron chi connectivity index (χ2n) is 6.30. The van der Waals surface area contributed by atoms with Gasteiger partial charge in [0.15, 0.2) is 5.70 Å². The Bertz CT molecular complexity index is 959. The molecule has 0 amide bonds. The van der Waals surface area contributed by atoms with Gasteiger partial charge in [0, 0.05) is 12.1 Å². The zero-order valence-corrected chi connectivity index (χ0v) is 15.1. The molecule has 3 rings (SSSR count). The van der Waals surface area contributed by atoms with E-state index in [9.17, 15) is 14.9 Å². The van der Waals surface area contributed by atoms with Crippen molar-refractivity contribution in [3.8, 4) is 5.75 Å². The largest absolute Gasteiger partial charge is 0.496 e. The molecular weight excluding hydrogens is 348 g/mol. The van der Waals surface area contributed by atoms with Crippen LogP contribution in [-0.4, -0.2) is 23.9 Å². The summed E-state index contributed by atoms with van der Waals surface area (Å²) in [5.41, 5.74) is 2.22. The monoisotopic (exact) mass is 366 g/mol. The highest BCUT2D eigenvalue weighted by Gasteiger charge is 2.27. The molecule has 0 saturated heterocycles. The van der Waals surface area contributed by atoms with E-state index in [0.29, 0.717) is 11.7 Å². The molecule has 1 heterocycles. The predicted octanol–water partition coefficient (Wildman–Crippen LogP) is 4.07. The third-order valence-corrected chi connectivity index (χ3v) is 4.15. The van der Waals surface area contributed by atoms with Crippen molar-refractivity contribution in [3.05, 3.63) is 75.0 Å². The summed E-state index contributed by atoms with van der Waals surface area (Å²) in [5, 5.41) is 11.0. The van der Waals surface area contributed by atoms with Crippen molar-refractivity contribution in [3.63, 3.8) is 0 Å². The third-order valence-electron chi connectivity index (χ3n) is 4.15. The van der Waals surface area contributed by atoms with Crippen LogP contribution in [0, 0.1) is 10.1 Å². The minimum absolute atomic E-state index is 0.0226. The van der Waals surface area contributed by atoms with Crippen molar-refractivity contribution in [1.29, 1.82) is 0 Å². The van der Waals surface area contributed by atoms with Crippen LogP contribution in [0.5, 0.6) is 5.75 Å². The van der Waals surface area contributed by atoms with Crippen molar-refractivity contribution < 1.29 is 19.2 Å². The van der Waals surface area contributed by atoms with Crippen molar-refractivity contribution >= 4 is 23.6 Å². The number of carbonyl (C=O) groups excluding carboxylic acids is 1. The Balaban J connectivity index is 1.96. The standard InChI is InChI=1S/C20H18N2O5/c1-12(2)14-6-4-13(5-7-14)10-17-20(23)27-19(21-17)16-11-15(22(24)25)8-9-18(16)26-3/h4-12H,1-3H3. The van der Waals surface area contributed by atoms with Gasteiger partial charge in [0.25, 0.3) is 5.69 Å². The van der Waals surface area contributed by atoms with Crippen LogP contribution in [0.1, 0.15) is 36.5 Å². The molecule has 0 bridgehead atoms. The molecular formula is C20H18N2O5. The first-order valence-corrected chi connectivity index (χ1v) is 8.34. The van der Waals surface area contributed by atoms with Crippen LogP contribution in [-0.2, 0) is 9.53 Å². The Morgan fingerprint density at radius 3 is 2.48 bits per heavy atom. The second-order valence-corrected chi connectivity index (χ2v) is 6.30. The van der Waals surface area contributed by atoms with E-state index in [1.54, 1.807) is 6.08 Å². The van der Waals surface area contributed by atoms with Gasteiger partial charge in [0.2, 0.25) is 5.90 Å². The Morgan fingerprint density at radius 1 is 1.19 bits per heavy atom. The van der Waals surface area contributed by atoms with Crippen LogP contribution in [0.15, 0.2) is 53.2 Å². The van der Waals surface area contributed by atoms with Crippen LogP contribution >= 0.6 is 0 Å². The molecule has 0 unspecified atom stereocenters. The number of nitro groups is 1. The lowest BCUT2D eigenvalue weighted by atomic mass is 10.0. The number of nitrogens with zero attached hydrogens (tertiary/aromatic N) is 2. The van der Waals surface area contributed by atoms with E-state index in [4.69, 9.17) is 9.47 Å². The van der Waals surface area contributed by atoms with E-state index in [1.807, 2.05) is 24.3 Å². The summed E-state index contributed by atoms with van der Waals surface area (Å²) in [6, 6.07) is 11.8. The highest BCUT2D eigenvalue weighted by atomic mass is 16.6. The van der Waals surface area contributed by atoms with Crippen molar-refractivity contribution in [2.45, 2.75) is 19.8 Å². The normalized spacial score (nSPS) is 15.0. The van der Waals surface area contributed by atoms with Gasteiger partial charge in [-0.05, 0) is 29.2 Å². The summed E-state index contributed by atoms with van der Waals surface area (Å²) < 4.78 is 10.4. The number of ether oxygens (including phenoxy) is 2. The molecule has 0 spiro atoms. The number of methoxy groups -OCH3 is 1. The van der Waals surface area contributed by atoms with E-state index in [2.05, 4.69) is 18.8 Å². The van der Waals surface area contributed by atoms with E-state index >= 15 is 0 Å². The number of hydrogen-bond donors (Lipinski definition) is 0. The van der Waals surface area contributed by atoms with Crippen molar-refractivity contribution in [2.24, 2.45) is 4.99 Å². The molecule has 138 valence electrons. The number of carbonyl (C=O) groups is 1. The van der Waals surface area contributed by atoms with E-state index < -0.39 is 10.9 Å². The maximum atomic E-state index is 12.2. The SMILES string of the molecule is COc1ccc([N+](=O)[O-])cc1C1=NC(=Cc2ccc(C(C)C)cc2)C(=O)O1. The minimum Gasteiger partial charge on any atom is -0.496 e. The van der Waals surface area contributed by atoms with E-state index in [-0.39, 0.29) is 22.8 Å². The van der Waals surface area contributed by atoms with E-state index in [0.717, 1.165) is 5.56 Å². The number of aliphatic imine (C=N–C) groups is 1. The van der Waals surface area contributed by atoms with Crippen LogP contribution in [0.4, 0.5) is 5.69 Å². The van der Waals surface area contributed by atoms with Crippen LogP contribution in [0.25, 0.3) is 6.08 Å². The molecule has 2 aromatic carbocycles. The topological polar surface area (TPSA) is 91.0 Å². The first kappa shape index (κ1) is 18.3. The molecule has 0 aliphatic carbocycles. The van der Waals surface area contributed by atoms with Gasteiger partial charge >= 0.3 is 5.97 Å². The van der Waals surface area contributed by atoms with Gasteiger partial charge in [-0.1, -0.05) is 38.1 Å². The van der Waals surface area contributed by atoms with Crippen LogP contribution < -0.4 is 4.74 Å². The number of nitro benzene ring substituents is 1. The Morgan fingerprint density at radius 2 is 1.89 bits per heavy atom. The average molecular weight is 366 g/mol. The fraction of sp³-hybridized carbons (Fsp3) is 0.200. The summed E-state index contributed by atoms with van der Waals surface area (Å²) in [7, 11) is 1.43.